The van der Waals surface area contributed by atoms with Crippen molar-refractivity contribution in [2.24, 2.45) is 11.8 Å². The van der Waals surface area contributed by atoms with E-state index in [0.29, 0.717) is 6.54 Å². The first-order valence-electron chi connectivity index (χ1n) is 7.50. The molecule has 0 saturated carbocycles. The summed E-state index contributed by atoms with van der Waals surface area (Å²) in [6.45, 7) is 5.54. The average Bonchev–Trinajstić information content (AvgIpc) is 2.47. The summed E-state index contributed by atoms with van der Waals surface area (Å²) in [4.78, 5) is 25.9. The Morgan fingerprint density at radius 1 is 1.37 bits per heavy atom. The topological polar surface area (TPSA) is 46.6 Å². The summed E-state index contributed by atoms with van der Waals surface area (Å²) in [6, 6.07) is 0. The van der Waals surface area contributed by atoms with E-state index in [2.05, 4.69) is 13.8 Å². The lowest BCUT2D eigenvalue weighted by Gasteiger charge is -2.33. The van der Waals surface area contributed by atoms with Crippen molar-refractivity contribution >= 4 is 11.9 Å². The van der Waals surface area contributed by atoms with Crippen molar-refractivity contribution in [3.05, 3.63) is 0 Å². The molecule has 1 aliphatic heterocycles. The molecule has 0 N–H and O–H groups in total. The van der Waals surface area contributed by atoms with Crippen molar-refractivity contribution in [2.75, 3.05) is 20.2 Å². The third-order valence-electron chi connectivity index (χ3n) is 4.02. The molecule has 0 aromatic carbocycles. The highest BCUT2D eigenvalue weighted by Crippen LogP contribution is 2.22. The van der Waals surface area contributed by atoms with Gasteiger partial charge in [-0.2, -0.15) is 0 Å². The second kappa shape index (κ2) is 8.18. The highest BCUT2D eigenvalue weighted by molar-refractivity contribution is 5.80. The molecule has 1 saturated heterocycles. The number of rotatable bonds is 6. The quantitative estimate of drug-likeness (QED) is 0.696. The fraction of sp³-hybridized carbons (Fsp3) is 0.867. The number of piperidine rings is 1. The Morgan fingerprint density at radius 3 is 2.68 bits per heavy atom. The van der Waals surface area contributed by atoms with Gasteiger partial charge in [0, 0.05) is 19.0 Å². The summed E-state index contributed by atoms with van der Waals surface area (Å²) >= 11 is 0. The van der Waals surface area contributed by atoms with Crippen molar-refractivity contribution in [1.82, 2.24) is 4.90 Å². The molecule has 0 aromatic heterocycles. The second-order valence-electron chi connectivity index (χ2n) is 5.39. The molecular formula is C15H27NO3. The fourth-order valence-corrected chi connectivity index (χ4v) is 2.75. The van der Waals surface area contributed by atoms with E-state index < -0.39 is 0 Å². The Hall–Kier alpha value is -1.06. The molecule has 1 aliphatic rings. The van der Waals surface area contributed by atoms with Crippen molar-refractivity contribution in [2.45, 2.75) is 52.4 Å². The summed E-state index contributed by atoms with van der Waals surface area (Å²) in [7, 11) is 1.42. The maximum atomic E-state index is 12.5. The van der Waals surface area contributed by atoms with Crippen LogP contribution in [-0.4, -0.2) is 37.0 Å². The van der Waals surface area contributed by atoms with E-state index >= 15 is 0 Å². The van der Waals surface area contributed by atoms with Gasteiger partial charge in [0.2, 0.25) is 5.91 Å². The number of amides is 1. The Morgan fingerprint density at radius 2 is 2.11 bits per heavy atom. The first-order chi connectivity index (χ1) is 9.13. The molecule has 1 fully saturated rings. The average molecular weight is 269 g/mol. The van der Waals surface area contributed by atoms with Crippen molar-refractivity contribution in [3.8, 4) is 0 Å². The Kier molecular flexibility index (Phi) is 6.89. The van der Waals surface area contributed by atoms with Gasteiger partial charge in [-0.15, -0.1) is 0 Å². The largest absolute Gasteiger partial charge is 0.469 e. The highest BCUT2D eigenvalue weighted by Gasteiger charge is 2.31. The van der Waals surface area contributed by atoms with E-state index in [4.69, 9.17) is 4.74 Å². The van der Waals surface area contributed by atoms with Crippen LogP contribution in [0.4, 0.5) is 0 Å². The fourth-order valence-electron chi connectivity index (χ4n) is 2.75. The monoisotopic (exact) mass is 269 g/mol. The zero-order valence-corrected chi connectivity index (χ0v) is 12.5. The van der Waals surface area contributed by atoms with Crippen molar-refractivity contribution in [1.29, 1.82) is 0 Å². The van der Waals surface area contributed by atoms with Crippen LogP contribution >= 0.6 is 0 Å². The van der Waals surface area contributed by atoms with Gasteiger partial charge in [-0.05, 0) is 25.7 Å². The van der Waals surface area contributed by atoms with Gasteiger partial charge in [0.05, 0.1) is 13.0 Å². The normalized spacial score (nSPS) is 21.0. The summed E-state index contributed by atoms with van der Waals surface area (Å²) in [5.74, 6) is 0.0337. The predicted octanol–water partition coefficient (Wildman–Crippen LogP) is 2.61. The van der Waals surface area contributed by atoms with E-state index in [0.717, 1.165) is 45.1 Å². The lowest BCUT2D eigenvalue weighted by atomic mass is 9.93. The molecule has 110 valence electrons. The molecule has 1 heterocycles. The number of likely N-dealkylation sites (tertiary alicyclic amines) is 1. The third-order valence-corrected chi connectivity index (χ3v) is 4.02. The van der Waals surface area contributed by atoms with Crippen LogP contribution < -0.4 is 0 Å². The number of carbonyl (C=O) groups excluding carboxylic acids is 2. The number of carbonyl (C=O) groups is 2. The summed E-state index contributed by atoms with van der Waals surface area (Å²) in [5, 5.41) is 0. The molecule has 1 amide bonds. The first-order valence-corrected chi connectivity index (χ1v) is 7.50. The van der Waals surface area contributed by atoms with Gasteiger partial charge in [0.15, 0.2) is 0 Å². The van der Waals surface area contributed by atoms with Crippen molar-refractivity contribution < 1.29 is 14.3 Å². The Labute approximate surface area is 116 Å². The first kappa shape index (κ1) is 16.0. The summed E-state index contributed by atoms with van der Waals surface area (Å²) < 4.78 is 4.79. The second-order valence-corrected chi connectivity index (χ2v) is 5.39. The number of unbranched alkanes of at least 4 members (excludes halogenated alkanes) is 1. The zero-order valence-electron chi connectivity index (χ0n) is 12.5. The molecule has 0 bridgehead atoms. The van der Waals surface area contributed by atoms with E-state index in [1.165, 1.54) is 7.11 Å². The van der Waals surface area contributed by atoms with Crippen LogP contribution in [0.2, 0.25) is 0 Å². The van der Waals surface area contributed by atoms with Gasteiger partial charge in [0.25, 0.3) is 0 Å². The number of methoxy groups -OCH3 is 1. The zero-order chi connectivity index (χ0) is 14.3. The maximum absolute atomic E-state index is 12.5. The van der Waals surface area contributed by atoms with Gasteiger partial charge >= 0.3 is 5.97 Å². The molecule has 0 spiro atoms. The van der Waals surface area contributed by atoms with Crippen molar-refractivity contribution in [3.63, 3.8) is 0 Å². The SMILES string of the molecule is CCCCC(CC)C(=O)N1CCC[C@H](C(=O)OC)C1. The van der Waals surface area contributed by atoms with Gasteiger partial charge < -0.3 is 9.64 Å². The van der Waals surface area contributed by atoms with Crippen LogP contribution in [0.15, 0.2) is 0 Å². The number of ether oxygens (including phenoxy) is 1. The number of hydrogen-bond acceptors (Lipinski definition) is 3. The van der Waals surface area contributed by atoms with Gasteiger partial charge in [-0.25, -0.2) is 0 Å². The van der Waals surface area contributed by atoms with E-state index in [1.807, 2.05) is 4.90 Å². The number of nitrogens with zero attached hydrogens (tertiary/aromatic N) is 1. The van der Waals surface area contributed by atoms with Crippen LogP contribution in [0, 0.1) is 11.8 Å². The molecule has 4 nitrogen and oxygen atoms in total. The molecule has 1 unspecified atom stereocenters. The van der Waals surface area contributed by atoms with E-state index in [1.54, 1.807) is 0 Å². The molecular weight excluding hydrogens is 242 g/mol. The minimum absolute atomic E-state index is 0.122. The maximum Gasteiger partial charge on any atom is 0.310 e. The van der Waals surface area contributed by atoms with Gasteiger partial charge in [-0.1, -0.05) is 26.7 Å². The molecule has 0 aromatic rings. The Bertz CT molecular complexity index is 304. The van der Waals surface area contributed by atoms with Crippen LogP contribution in [0.3, 0.4) is 0 Å². The van der Waals surface area contributed by atoms with Crippen LogP contribution in [0.1, 0.15) is 52.4 Å². The van der Waals surface area contributed by atoms with E-state index in [9.17, 15) is 9.59 Å². The van der Waals surface area contributed by atoms with Gasteiger partial charge in [-0.3, -0.25) is 9.59 Å². The highest BCUT2D eigenvalue weighted by atomic mass is 16.5. The summed E-state index contributed by atoms with van der Waals surface area (Å²) in [5.41, 5.74) is 0. The summed E-state index contributed by atoms with van der Waals surface area (Å²) in [6.07, 6.45) is 5.80. The lowest BCUT2D eigenvalue weighted by Crippen LogP contribution is -2.45. The minimum atomic E-state index is -0.181. The molecule has 1 rings (SSSR count). The Balaban J connectivity index is 2.57. The number of hydrogen-bond donors (Lipinski definition) is 0. The minimum Gasteiger partial charge on any atom is -0.469 e. The molecule has 0 radical (unpaired) electrons. The van der Waals surface area contributed by atoms with Crippen LogP contribution in [-0.2, 0) is 14.3 Å². The van der Waals surface area contributed by atoms with E-state index in [-0.39, 0.29) is 23.7 Å². The number of esters is 1. The smallest absolute Gasteiger partial charge is 0.310 e. The van der Waals surface area contributed by atoms with Crippen LogP contribution in [0.5, 0.6) is 0 Å². The predicted molar refractivity (Wildman–Crippen MR) is 74.6 cm³/mol. The third kappa shape index (κ3) is 4.51. The van der Waals surface area contributed by atoms with Gasteiger partial charge in [0.1, 0.15) is 0 Å². The lowest BCUT2D eigenvalue weighted by molar-refractivity contribution is -0.149. The van der Waals surface area contributed by atoms with Crippen LogP contribution in [0.25, 0.3) is 0 Å². The molecule has 19 heavy (non-hydrogen) atoms. The molecule has 4 heteroatoms. The molecule has 2 atom stereocenters. The standard InChI is InChI=1S/C15H27NO3/c1-4-6-8-12(5-2)14(17)16-10-7-9-13(11-16)15(18)19-3/h12-13H,4-11H2,1-3H3/t12?,13-/m0/s1. The molecule has 0 aliphatic carbocycles.